The van der Waals surface area contributed by atoms with Crippen molar-refractivity contribution < 1.29 is 9.59 Å². The Kier molecular flexibility index (Phi) is 7.87. The van der Waals surface area contributed by atoms with Crippen LogP contribution in [0.4, 0.5) is 0 Å². The van der Waals surface area contributed by atoms with Crippen molar-refractivity contribution in [3.8, 4) is 12.3 Å². The zero-order valence-corrected chi connectivity index (χ0v) is 15.6. The van der Waals surface area contributed by atoms with Crippen molar-refractivity contribution in [1.29, 1.82) is 0 Å². The summed E-state index contributed by atoms with van der Waals surface area (Å²) in [6.45, 7) is 6.52. The monoisotopic (exact) mass is 346 g/mol. The fourth-order valence-electron chi connectivity index (χ4n) is 2.13. The van der Waals surface area contributed by atoms with E-state index in [2.05, 4.69) is 37.3 Å². The second-order valence-corrected chi connectivity index (χ2v) is 7.54. The third-order valence-electron chi connectivity index (χ3n) is 3.61. The molecule has 0 aliphatic rings. The maximum absolute atomic E-state index is 12.4. The van der Waals surface area contributed by atoms with Crippen LogP contribution in [0.15, 0.2) is 24.3 Å². The van der Waals surface area contributed by atoms with E-state index in [9.17, 15) is 9.59 Å². The molecule has 0 bridgehead atoms. The highest BCUT2D eigenvalue weighted by Gasteiger charge is 2.21. The van der Waals surface area contributed by atoms with Crippen LogP contribution in [0.5, 0.6) is 0 Å². The second kappa shape index (κ2) is 9.39. The van der Waals surface area contributed by atoms with E-state index in [1.54, 1.807) is 23.9 Å². The van der Waals surface area contributed by atoms with Gasteiger partial charge in [-0.1, -0.05) is 38.8 Å². The van der Waals surface area contributed by atoms with Gasteiger partial charge >= 0.3 is 0 Å². The molecule has 5 heteroatoms. The maximum Gasteiger partial charge on any atom is 0.251 e. The molecule has 0 aliphatic carbocycles. The fourth-order valence-corrected chi connectivity index (χ4v) is 2.60. The quantitative estimate of drug-likeness (QED) is 0.746. The van der Waals surface area contributed by atoms with Crippen LogP contribution in [0.2, 0.25) is 0 Å². The summed E-state index contributed by atoms with van der Waals surface area (Å²) in [4.78, 5) is 24.5. The summed E-state index contributed by atoms with van der Waals surface area (Å²) in [6, 6.07) is 6.90. The normalized spacial score (nSPS) is 12.1. The van der Waals surface area contributed by atoms with Crippen molar-refractivity contribution in [2.24, 2.45) is 0 Å². The van der Waals surface area contributed by atoms with E-state index >= 15 is 0 Å². The predicted molar refractivity (Wildman–Crippen MR) is 101 cm³/mol. The van der Waals surface area contributed by atoms with Gasteiger partial charge in [-0.3, -0.25) is 9.59 Å². The Bertz CT molecular complexity index is 597. The summed E-state index contributed by atoms with van der Waals surface area (Å²) in [6.07, 6.45) is 7.68. The number of nitrogens with one attached hydrogen (secondary N) is 2. The SMILES string of the molecule is C#CCNC(=O)[C@@H](CCSC)NC(=O)c1ccc(C(C)(C)C)cc1. The average Bonchev–Trinajstić information content (AvgIpc) is 2.55. The molecule has 2 amide bonds. The van der Waals surface area contributed by atoms with Gasteiger partial charge in [-0.25, -0.2) is 0 Å². The molecule has 0 radical (unpaired) electrons. The Morgan fingerprint density at radius 2 is 1.88 bits per heavy atom. The van der Waals surface area contributed by atoms with Gasteiger partial charge in [-0.15, -0.1) is 6.42 Å². The first-order valence-electron chi connectivity index (χ1n) is 7.91. The molecule has 0 heterocycles. The number of terminal acetylenes is 1. The Balaban J connectivity index is 2.79. The number of hydrogen-bond acceptors (Lipinski definition) is 3. The average molecular weight is 346 g/mol. The topological polar surface area (TPSA) is 58.2 Å². The van der Waals surface area contributed by atoms with Crippen molar-refractivity contribution in [2.75, 3.05) is 18.6 Å². The number of benzene rings is 1. The number of carbonyl (C=O) groups is 2. The lowest BCUT2D eigenvalue weighted by Gasteiger charge is -2.20. The molecule has 0 saturated heterocycles. The Labute approximate surface area is 149 Å². The Morgan fingerprint density at radius 1 is 1.25 bits per heavy atom. The molecule has 0 saturated carbocycles. The van der Waals surface area contributed by atoms with Crippen LogP contribution in [0.3, 0.4) is 0 Å². The van der Waals surface area contributed by atoms with Gasteiger partial charge < -0.3 is 10.6 Å². The van der Waals surface area contributed by atoms with E-state index in [4.69, 9.17) is 6.42 Å². The highest BCUT2D eigenvalue weighted by atomic mass is 32.2. The summed E-state index contributed by atoms with van der Waals surface area (Å²) < 4.78 is 0. The molecule has 0 aromatic heterocycles. The zero-order chi connectivity index (χ0) is 18.2. The summed E-state index contributed by atoms with van der Waals surface area (Å²) >= 11 is 1.63. The molecular weight excluding hydrogens is 320 g/mol. The van der Waals surface area contributed by atoms with Gasteiger partial charge in [-0.05, 0) is 41.5 Å². The molecule has 1 atom stereocenters. The number of amides is 2. The summed E-state index contributed by atoms with van der Waals surface area (Å²) in [5.74, 6) is 2.64. The Morgan fingerprint density at radius 3 is 2.38 bits per heavy atom. The van der Waals surface area contributed by atoms with E-state index in [1.165, 1.54) is 0 Å². The molecule has 1 rings (SSSR count). The van der Waals surface area contributed by atoms with Gasteiger partial charge in [0, 0.05) is 5.56 Å². The highest BCUT2D eigenvalue weighted by molar-refractivity contribution is 7.98. The maximum atomic E-state index is 12.4. The number of hydrogen-bond donors (Lipinski definition) is 2. The van der Waals surface area contributed by atoms with Crippen molar-refractivity contribution in [1.82, 2.24) is 10.6 Å². The Hall–Kier alpha value is -1.93. The van der Waals surface area contributed by atoms with Crippen molar-refractivity contribution in [2.45, 2.75) is 38.6 Å². The van der Waals surface area contributed by atoms with Gasteiger partial charge in [0.15, 0.2) is 0 Å². The molecule has 2 N–H and O–H groups in total. The fraction of sp³-hybridized carbons (Fsp3) is 0.474. The van der Waals surface area contributed by atoms with Crippen LogP contribution >= 0.6 is 11.8 Å². The summed E-state index contributed by atoms with van der Waals surface area (Å²) in [5, 5.41) is 5.43. The molecule has 0 unspecified atom stereocenters. The van der Waals surface area contributed by atoms with Crippen LogP contribution in [0.1, 0.15) is 43.1 Å². The molecule has 24 heavy (non-hydrogen) atoms. The van der Waals surface area contributed by atoms with E-state index in [-0.39, 0.29) is 23.8 Å². The lowest BCUT2D eigenvalue weighted by molar-refractivity contribution is -0.122. The molecule has 1 aromatic rings. The smallest absolute Gasteiger partial charge is 0.251 e. The van der Waals surface area contributed by atoms with Crippen LogP contribution in [0, 0.1) is 12.3 Å². The molecule has 0 spiro atoms. The molecule has 1 aromatic carbocycles. The van der Waals surface area contributed by atoms with Gasteiger partial charge in [0.2, 0.25) is 5.91 Å². The zero-order valence-electron chi connectivity index (χ0n) is 14.8. The largest absolute Gasteiger partial charge is 0.343 e. The van der Waals surface area contributed by atoms with Gasteiger partial charge in [0.1, 0.15) is 6.04 Å². The standard InChI is InChI=1S/C19H26N2O2S/c1-6-12-20-18(23)16(11-13-24-5)21-17(22)14-7-9-15(10-8-14)19(2,3)4/h1,7-10,16H,11-13H2,2-5H3,(H,20,23)(H,21,22)/t16-/m1/s1. The lowest BCUT2D eigenvalue weighted by Crippen LogP contribution is -2.47. The first-order valence-corrected chi connectivity index (χ1v) is 9.30. The van der Waals surface area contributed by atoms with Crippen molar-refractivity contribution >= 4 is 23.6 Å². The van der Waals surface area contributed by atoms with Crippen LogP contribution in [-0.2, 0) is 10.2 Å². The summed E-state index contributed by atoms with van der Waals surface area (Å²) in [5.41, 5.74) is 1.73. The molecular formula is C19H26N2O2S. The van der Waals surface area contributed by atoms with Crippen LogP contribution in [-0.4, -0.2) is 36.4 Å². The third-order valence-corrected chi connectivity index (χ3v) is 4.25. The first kappa shape index (κ1) is 20.1. The molecule has 0 aliphatic heterocycles. The minimum absolute atomic E-state index is 0.0327. The molecule has 0 fully saturated rings. The van der Waals surface area contributed by atoms with E-state index in [0.717, 1.165) is 11.3 Å². The number of carbonyl (C=O) groups excluding carboxylic acids is 2. The van der Waals surface area contributed by atoms with Crippen LogP contribution < -0.4 is 10.6 Å². The highest BCUT2D eigenvalue weighted by Crippen LogP contribution is 2.22. The predicted octanol–water partition coefficient (Wildman–Crippen LogP) is 2.59. The van der Waals surface area contributed by atoms with Crippen molar-refractivity contribution in [3.05, 3.63) is 35.4 Å². The second-order valence-electron chi connectivity index (χ2n) is 6.56. The van der Waals surface area contributed by atoms with E-state index < -0.39 is 6.04 Å². The van der Waals surface area contributed by atoms with Crippen molar-refractivity contribution in [3.63, 3.8) is 0 Å². The van der Waals surface area contributed by atoms with E-state index in [0.29, 0.717) is 12.0 Å². The minimum atomic E-state index is -0.583. The lowest BCUT2D eigenvalue weighted by atomic mass is 9.86. The van der Waals surface area contributed by atoms with Gasteiger partial charge in [0.05, 0.1) is 6.54 Å². The minimum Gasteiger partial charge on any atom is -0.343 e. The molecule has 4 nitrogen and oxygen atoms in total. The molecule has 130 valence electrons. The van der Waals surface area contributed by atoms with Crippen LogP contribution in [0.25, 0.3) is 0 Å². The number of rotatable bonds is 7. The number of thioether (sulfide) groups is 1. The van der Waals surface area contributed by atoms with E-state index in [1.807, 2.05) is 18.4 Å². The summed E-state index contributed by atoms with van der Waals surface area (Å²) in [7, 11) is 0. The first-order chi connectivity index (χ1) is 11.3. The van der Waals surface area contributed by atoms with Gasteiger partial charge in [-0.2, -0.15) is 11.8 Å². The van der Waals surface area contributed by atoms with Gasteiger partial charge in [0.25, 0.3) is 5.91 Å². The third kappa shape index (κ3) is 6.29.